The summed E-state index contributed by atoms with van der Waals surface area (Å²) < 4.78 is 43.9. The van der Waals surface area contributed by atoms with Gasteiger partial charge < -0.3 is 43.2 Å². The predicted octanol–water partition coefficient (Wildman–Crippen LogP) is 4.27. The van der Waals surface area contributed by atoms with Crippen LogP contribution in [0, 0.1) is 17.8 Å². The van der Waals surface area contributed by atoms with Crippen LogP contribution >= 0.6 is 0 Å². The molecule has 1 aliphatic carbocycles. The first-order valence-corrected chi connectivity index (χ1v) is 16.4. The lowest BCUT2D eigenvalue weighted by atomic mass is 9.62. The highest BCUT2D eigenvalue weighted by molar-refractivity contribution is 5.91. The van der Waals surface area contributed by atoms with Crippen molar-refractivity contribution in [1.29, 1.82) is 0 Å². The number of rotatable bonds is 9. The van der Waals surface area contributed by atoms with Crippen molar-refractivity contribution in [3.63, 3.8) is 0 Å². The van der Waals surface area contributed by atoms with Gasteiger partial charge in [0.05, 0.1) is 46.5 Å². The number of hydrogen-bond acceptors (Lipinski definition) is 13. The van der Waals surface area contributed by atoms with Crippen LogP contribution in [0.5, 0.6) is 23.0 Å². The molecule has 3 aliphatic heterocycles. The van der Waals surface area contributed by atoms with Crippen molar-refractivity contribution < 1.29 is 52.3 Å². The predicted molar refractivity (Wildman–Crippen MR) is 172 cm³/mol. The Kier molecular flexibility index (Phi) is 9.88. The van der Waals surface area contributed by atoms with Crippen molar-refractivity contribution in [2.75, 3.05) is 60.6 Å². The highest BCUT2D eigenvalue weighted by atomic mass is 16.7. The molecule has 13 nitrogen and oxygen atoms in total. The summed E-state index contributed by atoms with van der Waals surface area (Å²) in [5.74, 6) is -0.318. The van der Waals surface area contributed by atoms with E-state index in [9.17, 15) is 14.4 Å². The maximum Gasteiger partial charge on any atom is 0.514 e. The zero-order chi connectivity index (χ0) is 34.1. The number of benzene rings is 2. The maximum absolute atomic E-state index is 13.7. The number of ether oxygens (including phenoxy) is 8. The molecule has 2 saturated heterocycles. The van der Waals surface area contributed by atoms with Crippen molar-refractivity contribution in [3.05, 3.63) is 41.5 Å². The van der Waals surface area contributed by atoms with Crippen LogP contribution in [0.25, 0.3) is 0 Å². The van der Waals surface area contributed by atoms with E-state index in [1.807, 2.05) is 6.07 Å². The lowest BCUT2D eigenvalue weighted by Crippen LogP contribution is -2.63. The summed E-state index contributed by atoms with van der Waals surface area (Å²) in [4.78, 5) is 41.7. The number of methoxy groups -OCH3 is 5. The number of nitrogens with one attached hydrogen (secondary N) is 1. The summed E-state index contributed by atoms with van der Waals surface area (Å²) in [7, 11) is 7.34. The van der Waals surface area contributed by atoms with Crippen LogP contribution in [0.1, 0.15) is 48.0 Å². The molecule has 260 valence electrons. The molecule has 0 aromatic heterocycles. The molecule has 3 fully saturated rings. The first-order chi connectivity index (χ1) is 23.2. The van der Waals surface area contributed by atoms with Gasteiger partial charge in [0.25, 0.3) is 0 Å². The molecule has 0 bridgehead atoms. The number of fused-ring (bicyclic) bond motifs is 6. The molecular weight excluding hydrogens is 624 g/mol. The Bertz CT molecular complexity index is 1510. The Morgan fingerprint density at radius 2 is 1.71 bits per heavy atom. The number of anilines is 1. The van der Waals surface area contributed by atoms with Gasteiger partial charge in [-0.15, -0.1) is 0 Å². The molecule has 1 saturated carbocycles. The summed E-state index contributed by atoms with van der Waals surface area (Å²) in [5, 5.41) is 3.79. The first kappa shape index (κ1) is 33.7. The van der Waals surface area contributed by atoms with Crippen LogP contribution in [0.2, 0.25) is 0 Å². The zero-order valence-electron chi connectivity index (χ0n) is 28.2. The zero-order valence-corrected chi connectivity index (χ0v) is 28.2. The summed E-state index contributed by atoms with van der Waals surface area (Å²) in [6.45, 7) is 3.46. The van der Waals surface area contributed by atoms with E-state index in [0.29, 0.717) is 12.3 Å². The number of esters is 2. The normalized spacial score (nSPS) is 28.7. The Morgan fingerprint density at radius 3 is 2.35 bits per heavy atom. The molecule has 8 unspecified atom stereocenters. The molecule has 13 heteroatoms. The molecular formula is C35H44N2O11. The van der Waals surface area contributed by atoms with Gasteiger partial charge >= 0.3 is 18.1 Å². The van der Waals surface area contributed by atoms with Crippen molar-refractivity contribution in [1.82, 2.24) is 4.90 Å². The standard InChI is InChI=1S/C35H44N2O11/c1-7-46-35(40)48-31-26(42-3)12-18(13-27(31)43-4)33(38)47-28-14-19-17-37-11-10-22-21-9-8-20(41-2)15-24(21)36-30(22)25(37)16-23(19)29(32(28)44-5)34(39)45-6/h8-9,12-13,15,19,22-23,25,28-30,32,36H,7,10-11,14,16-17H2,1-6H3. The van der Waals surface area contributed by atoms with Crippen LogP contribution in [-0.2, 0) is 23.7 Å². The van der Waals surface area contributed by atoms with Gasteiger partial charge in [-0.1, -0.05) is 6.07 Å². The van der Waals surface area contributed by atoms with Crippen molar-refractivity contribution >= 4 is 23.8 Å². The van der Waals surface area contributed by atoms with Crippen LogP contribution in [0.4, 0.5) is 10.5 Å². The number of carbonyl (C=O) groups is 3. The van der Waals surface area contributed by atoms with Crippen molar-refractivity contribution in [3.8, 4) is 23.0 Å². The molecule has 0 radical (unpaired) electrons. The lowest BCUT2D eigenvalue weighted by molar-refractivity contribution is -0.177. The minimum atomic E-state index is -0.939. The van der Waals surface area contributed by atoms with Crippen molar-refractivity contribution in [2.24, 2.45) is 17.8 Å². The third-order valence-corrected chi connectivity index (χ3v) is 10.5. The maximum atomic E-state index is 13.7. The Morgan fingerprint density at radius 1 is 0.958 bits per heavy atom. The third-order valence-electron chi connectivity index (χ3n) is 10.5. The van der Waals surface area contributed by atoms with Crippen LogP contribution in [0.15, 0.2) is 30.3 Å². The number of hydrogen-bond donors (Lipinski definition) is 1. The van der Waals surface area contributed by atoms with E-state index in [0.717, 1.165) is 37.4 Å². The van der Waals surface area contributed by atoms with E-state index in [2.05, 4.69) is 22.3 Å². The topological polar surface area (TPSA) is 140 Å². The monoisotopic (exact) mass is 668 g/mol. The summed E-state index contributed by atoms with van der Waals surface area (Å²) in [6, 6.07) is 9.47. The Balaban J connectivity index is 1.23. The van der Waals surface area contributed by atoms with Gasteiger partial charge in [-0.3, -0.25) is 9.69 Å². The smallest absolute Gasteiger partial charge is 0.497 e. The fourth-order valence-corrected chi connectivity index (χ4v) is 8.40. The average Bonchev–Trinajstić information content (AvgIpc) is 3.48. The van der Waals surface area contributed by atoms with Crippen LogP contribution in [-0.4, -0.2) is 103 Å². The van der Waals surface area contributed by atoms with E-state index in [1.165, 1.54) is 46.1 Å². The fraction of sp³-hybridized carbons (Fsp3) is 0.571. The molecule has 4 aliphatic rings. The van der Waals surface area contributed by atoms with Crippen LogP contribution < -0.4 is 24.3 Å². The molecule has 0 spiro atoms. The molecule has 0 amide bonds. The SMILES string of the molecule is CCOC(=O)Oc1c(OC)cc(C(=O)OC2CC3CN4CCC5c6ccc(OC)cc6NC5C4CC3C(C(=O)OC)C2OC)cc1OC. The second-order valence-electron chi connectivity index (χ2n) is 12.7. The molecule has 8 atom stereocenters. The molecule has 6 rings (SSSR count). The molecule has 2 aromatic carbocycles. The van der Waals surface area contributed by atoms with E-state index in [4.69, 9.17) is 37.9 Å². The summed E-state index contributed by atoms with van der Waals surface area (Å²) >= 11 is 0. The van der Waals surface area contributed by atoms with Gasteiger partial charge in [0.1, 0.15) is 18.0 Å². The first-order valence-electron chi connectivity index (χ1n) is 16.4. The average molecular weight is 669 g/mol. The van der Waals surface area contributed by atoms with Gasteiger partial charge in [-0.25, -0.2) is 9.59 Å². The van der Waals surface area contributed by atoms with Gasteiger partial charge in [0, 0.05) is 43.4 Å². The largest absolute Gasteiger partial charge is 0.514 e. The Hall–Kier alpha value is -4.23. The molecule has 2 aromatic rings. The highest BCUT2D eigenvalue weighted by Crippen LogP contribution is 2.51. The van der Waals surface area contributed by atoms with Crippen molar-refractivity contribution in [2.45, 2.75) is 56.4 Å². The fourth-order valence-electron chi connectivity index (χ4n) is 8.40. The molecule has 48 heavy (non-hydrogen) atoms. The number of nitrogens with zero attached hydrogens (tertiary/aromatic N) is 1. The number of carbonyl (C=O) groups excluding carboxylic acids is 3. The second kappa shape index (κ2) is 14.1. The van der Waals surface area contributed by atoms with Crippen LogP contribution in [0.3, 0.4) is 0 Å². The quantitative estimate of drug-likeness (QED) is 0.231. The van der Waals surface area contributed by atoms with Gasteiger partial charge in [0.2, 0.25) is 5.75 Å². The second-order valence-corrected chi connectivity index (χ2v) is 12.7. The van der Waals surface area contributed by atoms with E-state index in [-0.39, 0.29) is 59.3 Å². The molecule has 1 N–H and O–H groups in total. The van der Waals surface area contributed by atoms with Gasteiger partial charge in [-0.2, -0.15) is 0 Å². The third kappa shape index (κ3) is 6.09. The Labute approximate surface area is 280 Å². The summed E-state index contributed by atoms with van der Waals surface area (Å²) in [6.07, 6.45) is -0.0733. The minimum absolute atomic E-state index is 0.0307. The lowest BCUT2D eigenvalue weighted by Gasteiger charge is -2.55. The summed E-state index contributed by atoms with van der Waals surface area (Å²) in [5.41, 5.74) is 2.53. The van der Waals surface area contributed by atoms with E-state index < -0.39 is 30.3 Å². The molecule has 3 heterocycles. The van der Waals surface area contributed by atoms with E-state index in [1.54, 1.807) is 14.0 Å². The van der Waals surface area contributed by atoms with E-state index >= 15 is 0 Å². The highest BCUT2D eigenvalue weighted by Gasteiger charge is 2.56. The number of piperidine rings is 2. The van der Waals surface area contributed by atoms with Gasteiger partial charge in [0.15, 0.2) is 11.5 Å². The van der Waals surface area contributed by atoms with Gasteiger partial charge in [-0.05, 0) is 68.3 Å². The minimum Gasteiger partial charge on any atom is -0.497 e.